The van der Waals surface area contributed by atoms with Gasteiger partial charge in [-0.25, -0.2) is 0 Å². The summed E-state index contributed by atoms with van der Waals surface area (Å²) in [6.07, 6.45) is 1.79. The fourth-order valence-electron chi connectivity index (χ4n) is 2.42. The van der Waals surface area contributed by atoms with Crippen molar-refractivity contribution in [3.05, 3.63) is 53.6 Å². The molecule has 1 N–H and O–H groups in total. The number of rotatable bonds is 4. The Bertz CT molecular complexity index is 767. The maximum atomic E-state index is 12.5. The van der Waals surface area contributed by atoms with Gasteiger partial charge in [0.2, 0.25) is 0 Å². The first kappa shape index (κ1) is 15.0. The lowest BCUT2D eigenvalue weighted by molar-refractivity contribution is -0.113. The molecule has 0 unspecified atom stereocenters. The molecule has 0 aliphatic carbocycles. The van der Waals surface area contributed by atoms with Crippen LogP contribution in [0.4, 0.5) is 5.69 Å². The minimum absolute atomic E-state index is 0.209. The molecule has 0 fully saturated rings. The third-order valence-corrected chi connectivity index (χ3v) is 3.59. The standard InChI is InChI=1S/C18H17NO4/c1-21-15-8-5-9-16-13(15)10-12(11-23-16)18(20)19-14-6-3-4-7-17(14)22-2/h3-10H,11H2,1-2H3,(H,19,20). The van der Waals surface area contributed by atoms with Crippen molar-refractivity contribution in [3.8, 4) is 17.2 Å². The van der Waals surface area contributed by atoms with Gasteiger partial charge in [-0.2, -0.15) is 0 Å². The highest BCUT2D eigenvalue weighted by Crippen LogP contribution is 2.34. The second-order valence-corrected chi connectivity index (χ2v) is 4.98. The average molecular weight is 311 g/mol. The molecule has 0 saturated heterocycles. The highest BCUT2D eigenvalue weighted by Gasteiger charge is 2.20. The van der Waals surface area contributed by atoms with E-state index in [0.717, 1.165) is 5.56 Å². The highest BCUT2D eigenvalue weighted by atomic mass is 16.5. The number of para-hydroxylation sites is 2. The van der Waals surface area contributed by atoms with Crippen molar-refractivity contribution in [1.82, 2.24) is 0 Å². The quantitative estimate of drug-likeness (QED) is 0.942. The number of amides is 1. The zero-order valence-electron chi connectivity index (χ0n) is 13.0. The number of fused-ring (bicyclic) bond motifs is 1. The number of anilines is 1. The van der Waals surface area contributed by atoms with E-state index in [1.807, 2.05) is 30.3 Å². The van der Waals surface area contributed by atoms with E-state index in [-0.39, 0.29) is 12.5 Å². The molecule has 2 aromatic rings. The molecule has 0 spiro atoms. The van der Waals surface area contributed by atoms with Gasteiger partial charge in [-0.3, -0.25) is 4.79 Å². The predicted octanol–water partition coefficient (Wildman–Crippen LogP) is 3.12. The predicted molar refractivity (Wildman–Crippen MR) is 88.1 cm³/mol. The van der Waals surface area contributed by atoms with Gasteiger partial charge in [0.25, 0.3) is 5.91 Å². The molecule has 23 heavy (non-hydrogen) atoms. The summed E-state index contributed by atoms with van der Waals surface area (Å²) >= 11 is 0. The summed E-state index contributed by atoms with van der Waals surface area (Å²) in [4.78, 5) is 12.5. The Kier molecular flexibility index (Phi) is 4.19. The summed E-state index contributed by atoms with van der Waals surface area (Å²) in [6.45, 7) is 0.209. The minimum Gasteiger partial charge on any atom is -0.496 e. The molecule has 3 rings (SSSR count). The van der Waals surface area contributed by atoms with Crippen LogP contribution in [-0.2, 0) is 4.79 Å². The van der Waals surface area contributed by atoms with Crippen LogP contribution in [0.15, 0.2) is 48.0 Å². The molecule has 2 aromatic carbocycles. The van der Waals surface area contributed by atoms with Crippen LogP contribution in [0, 0.1) is 0 Å². The van der Waals surface area contributed by atoms with Crippen LogP contribution in [0.25, 0.3) is 6.08 Å². The molecule has 0 saturated carbocycles. The largest absolute Gasteiger partial charge is 0.496 e. The van der Waals surface area contributed by atoms with E-state index in [1.54, 1.807) is 32.4 Å². The molecule has 1 aliphatic rings. The molecule has 118 valence electrons. The lowest BCUT2D eigenvalue weighted by atomic mass is 10.1. The molecule has 5 heteroatoms. The molecule has 5 nitrogen and oxygen atoms in total. The second-order valence-electron chi connectivity index (χ2n) is 4.98. The van der Waals surface area contributed by atoms with Crippen molar-refractivity contribution >= 4 is 17.7 Å². The number of nitrogens with one attached hydrogen (secondary N) is 1. The lowest BCUT2D eigenvalue weighted by Crippen LogP contribution is -2.21. The van der Waals surface area contributed by atoms with Crippen molar-refractivity contribution < 1.29 is 19.0 Å². The van der Waals surface area contributed by atoms with E-state index in [2.05, 4.69) is 5.32 Å². The highest BCUT2D eigenvalue weighted by molar-refractivity contribution is 6.08. The molecular formula is C18H17NO4. The Morgan fingerprint density at radius 1 is 1.04 bits per heavy atom. The zero-order chi connectivity index (χ0) is 16.2. The maximum Gasteiger partial charge on any atom is 0.255 e. The van der Waals surface area contributed by atoms with E-state index in [4.69, 9.17) is 14.2 Å². The van der Waals surface area contributed by atoms with Gasteiger partial charge < -0.3 is 19.5 Å². The molecule has 0 atom stereocenters. The van der Waals surface area contributed by atoms with Crippen LogP contribution in [0.5, 0.6) is 17.2 Å². The maximum absolute atomic E-state index is 12.5. The van der Waals surface area contributed by atoms with Gasteiger partial charge in [-0.15, -0.1) is 0 Å². The summed E-state index contributed by atoms with van der Waals surface area (Å²) in [5, 5.41) is 2.85. The summed E-state index contributed by atoms with van der Waals surface area (Å²) in [7, 11) is 3.15. The van der Waals surface area contributed by atoms with Crippen LogP contribution in [0.3, 0.4) is 0 Å². The third-order valence-electron chi connectivity index (χ3n) is 3.59. The lowest BCUT2D eigenvalue weighted by Gasteiger charge is -2.19. The Hall–Kier alpha value is -2.95. The van der Waals surface area contributed by atoms with Crippen LogP contribution < -0.4 is 19.5 Å². The van der Waals surface area contributed by atoms with Crippen LogP contribution in [0.2, 0.25) is 0 Å². The van der Waals surface area contributed by atoms with Crippen molar-refractivity contribution in [2.24, 2.45) is 0 Å². The van der Waals surface area contributed by atoms with Crippen LogP contribution in [-0.4, -0.2) is 26.7 Å². The number of ether oxygens (including phenoxy) is 3. The SMILES string of the molecule is COc1ccccc1NC(=O)C1=Cc2c(OC)cccc2OC1. The Morgan fingerprint density at radius 2 is 1.78 bits per heavy atom. The smallest absolute Gasteiger partial charge is 0.255 e. The summed E-state index contributed by atoms with van der Waals surface area (Å²) in [5.41, 5.74) is 1.91. The van der Waals surface area contributed by atoms with E-state index >= 15 is 0 Å². The molecule has 1 amide bonds. The Balaban J connectivity index is 1.87. The molecule has 1 heterocycles. The fraction of sp³-hybridized carbons (Fsp3) is 0.167. The minimum atomic E-state index is -0.231. The van der Waals surface area contributed by atoms with Gasteiger partial charge >= 0.3 is 0 Å². The first-order valence-electron chi connectivity index (χ1n) is 7.17. The molecule has 0 radical (unpaired) electrons. The second kappa shape index (κ2) is 6.44. The number of carbonyl (C=O) groups is 1. The van der Waals surface area contributed by atoms with Crippen LogP contribution >= 0.6 is 0 Å². The first-order valence-corrected chi connectivity index (χ1v) is 7.17. The number of carbonyl (C=O) groups excluding carboxylic acids is 1. The van der Waals surface area contributed by atoms with Gasteiger partial charge in [0.05, 0.1) is 31.0 Å². The monoisotopic (exact) mass is 311 g/mol. The van der Waals surface area contributed by atoms with Crippen molar-refractivity contribution in [3.63, 3.8) is 0 Å². The van der Waals surface area contributed by atoms with E-state index in [1.165, 1.54) is 0 Å². The van der Waals surface area contributed by atoms with Gasteiger partial charge in [0.15, 0.2) is 0 Å². The van der Waals surface area contributed by atoms with Gasteiger partial charge in [0.1, 0.15) is 23.9 Å². The van der Waals surface area contributed by atoms with E-state index in [9.17, 15) is 4.79 Å². The Morgan fingerprint density at radius 3 is 2.57 bits per heavy atom. The normalized spacial score (nSPS) is 12.5. The number of hydrogen-bond donors (Lipinski definition) is 1. The summed E-state index contributed by atoms with van der Waals surface area (Å²) in [6, 6.07) is 12.8. The van der Waals surface area contributed by atoms with Gasteiger partial charge in [-0.1, -0.05) is 18.2 Å². The Labute approximate surface area is 134 Å². The topological polar surface area (TPSA) is 56.8 Å². The fourth-order valence-corrected chi connectivity index (χ4v) is 2.42. The summed E-state index contributed by atoms with van der Waals surface area (Å²) < 4.78 is 16.2. The van der Waals surface area contributed by atoms with E-state index < -0.39 is 0 Å². The van der Waals surface area contributed by atoms with Crippen molar-refractivity contribution in [1.29, 1.82) is 0 Å². The van der Waals surface area contributed by atoms with Gasteiger partial charge in [-0.05, 0) is 30.3 Å². The molecule has 0 bridgehead atoms. The number of benzene rings is 2. The molecule has 1 aliphatic heterocycles. The van der Waals surface area contributed by atoms with Gasteiger partial charge in [0, 0.05) is 0 Å². The third kappa shape index (κ3) is 2.99. The molecular weight excluding hydrogens is 294 g/mol. The molecule has 0 aromatic heterocycles. The summed E-state index contributed by atoms with van der Waals surface area (Å²) in [5.74, 6) is 1.75. The van der Waals surface area contributed by atoms with E-state index in [0.29, 0.717) is 28.5 Å². The number of hydrogen-bond acceptors (Lipinski definition) is 4. The number of methoxy groups -OCH3 is 2. The first-order chi connectivity index (χ1) is 11.2. The van der Waals surface area contributed by atoms with Crippen LogP contribution in [0.1, 0.15) is 5.56 Å². The zero-order valence-corrected chi connectivity index (χ0v) is 13.0. The van der Waals surface area contributed by atoms with Crippen molar-refractivity contribution in [2.75, 3.05) is 26.1 Å². The van der Waals surface area contributed by atoms with Crippen molar-refractivity contribution in [2.45, 2.75) is 0 Å². The average Bonchev–Trinajstić information content (AvgIpc) is 2.61.